The van der Waals surface area contributed by atoms with E-state index in [1.807, 2.05) is 0 Å². The van der Waals surface area contributed by atoms with Gasteiger partial charge in [0.05, 0.1) is 27.6 Å². The van der Waals surface area contributed by atoms with Gasteiger partial charge in [-0.2, -0.15) is 13.2 Å². The molecule has 1 aliphatic rings. The third-order valence-electron chi connectivity index (χ3n) is 4.29. The lowest BCUT2D eigenvalue weighted by Crippen LogP contribution is -2.55. The highest BCUT2D eigenvalue weighted by Crippen LogP contribution is 2.33. The zero-order valence-corrected chi connectivity index (χ0v) is 16.0. The molecule has 7 nitrogen and oxygen atoms in total. The maximum atomic E-state index is 13.2. The van der Waals surface area contributed by atoms with Crippen molar-refractivity contribution in [3.63, 3.8) is 0 Å². The number of amides is 4. The lowest BCUT2D eigenvalue weighted by atomic mass is 10.1. The molecule has 0 aromatic heterocycles. The Labute approximate surface area is 167 Å². The van der Waals surface area contributed by atoms with Gasteiger partial charge in [0.2, 0.25) is 11.8 Å². The number of hydrogen-bond donors (Lipinski definition) is 1. The van der Waals surface area contributed by atoms with Crippen LogP contribution in [0.5, 0.6) is 0 Å². The van der Waals surface area contributed by atoms with Crippen LogP contribution in [-0.2, 0) is 9.59 Å². The summed E-state index contributed by atoms with van der Waals surface area (Å²) in [5.74, 6) is -4.26. The van der Waals surface area contributed by atoms with Gasteiger partial charge in [0.25, 0.3) is 11.8 Å². The average molecular weight is 440 g/mol. The van der Waals surface area contributed by atoms with Gasteiger partial charge in [-0.3, -0.25) is 24.1 Å². The van der Waals surface area contributed by atoms with E-state index in [1.165, 1.54) is 0 Å². The van der Waals surface area contributed by atoms with Crippen LogP contribution < -0.4 is 5.73 Å². The Kier molecular flexibility index (Phi) is 5.95. The number of carbonyl (C=O) groups excluding carboxylic acids is 4. The smallest absolute Gasteiger partial charge is 0.370 e. The quantitative estimate of drug-likeness (QED) is 0.710. The van der Waals surface area contributed by atoms with Crippen molar-refractivity contribution in [2.75, 3.05) is 7.05 Å². The monoisotopic (exact) mass is 439 g/mol. The van der Waals surface area contributed by atoms with Gasteiger partial charge in [-0.15, -0.1) is 0 Å². The summed E-state index contributed by atoms with van der Waals surface area (Å²) in [6.07, 6.45) is -6.10. The number of nitrogens with zero attached hydrogens (tertiary/aromatic N) is 2. The van der Waals surface area contributed by atoms with Gasteiger partial charge in [-0.25, -0.2) is 0 Å². The summed E-state index contributed by atoms with van der Waals surface area (Å²) in [6.45, 7) is 1.10. The Morgan fingerprint density at radius 1 is 1.14 bits per heavy atom. The molecule has 2 atom stereocenters. The first kappa shape index (κ1) is 22.0. The molecule has 1 aromatic carbocycles. The molecule has 2 rings (SSSR count). The molecule has 0 bridgehead atoms. The van der Waals surface area contributed by atoms with Gasteiger partial charge in [-0.1, -0.05) is 23.2 Å². The number of nitrogens with two attached hydrogens (primary N) is 1. The van der Waals surface area contributed by atoms with Crippen molar-refractivity contribution < 1.29 is 32.3 Å². The molecule has 0 fully saturated rings. The predicted octanol–water partition coefficient (Wildman–Crippen LogP) is 2.24. The maximum absolute atomic E-state index is 13.2. The number of fused-ring (bicyclic) bond motifs is 1. The summed E-state index contributed by atoms with van der Waals surface area (Å²) in [6, 6.07) is -1.79. The maximum Gasteiger partial charge on any atom is 0.409 e. The fraction of sp³-hybridized carbons (Fsp3) is 0.375. The SMILES string of the molecule is CC(C(=O)N(C)C(CC(N)=O)C(F)(F)F)N1C(=O)c2cc(Cl)c(Cl)cc2C1=O. The van der Waals surface area contributed by atoms with E-state index in [0.717, 1.165) is 26.1 Å². The number of primary amides is 1. The second-order valence-corrected chi connectivity index (χ2v) is 6.96. The number of rotatable bonds is 5. The third-order valence-corrected chi connectivity index (χ3v) is 5.01. The minimum atomic E-state index is -4.94. The third kappa shape index (κ3) is 3.93. The molecule has 1 heterocycles. The highest BCUT2D eigenvalue weighted by molar-refractivity contribution is 6.43. The van der Waals surface area contributed by atoms with Crippen molar-refractivity contribution in [1.29, 1.82) is 0 Å². The minimum Gasteiger partial charge on any atom is -0.370 e. The number of halogens is 5. The van der Waals surface area contributed by atoms with Crippen molar-refractivity contribution in [1.82, 2.24) is 9.80 Å². The minimum absolute atomic E-state index is 0.00175. The molecule has 152 valence electrons. The summed E-state index contributed by atoms with van der Waals surface area (Å²) in [4.78, 5) is 49.3. The Morgan fingerprint density at radius 2 is 1.57 bits per heavy atom. The average Bonchev–Trinajstić information content (AvgIpc) is 2.81. The molecule has 0 spiro atoms. The summed E-state index contributed by atoms with van der Waals surface area (Å²) in [5, 5.41) is -0.00350. The molecule has 4 amide bonds. The van der Waals surface area contributed by atoms with E-state index in [2.05, 4.69) is 0 Å². The van der Waals surface area contributed by atoms with Crippen molar-refractivity contribution in [2.45, 2.75) is 31.6 Å². The van der Waals surface area contributed by atoms with Crippen molar-refractivity contribution in [2.24, 2.45) is 5.73 Å². The normalized spacial score (nSPS) is 16.0. The number of alkyl halides is 3. The molecular weight excluding hydrogens is 426 g/mol. The highest BCUT2D eigenvalue weighted by atomic mass is 35.5. The van der Waals surface area contributed by atoms with Gasteiger partial charge >= 0.3 is 6.18 Å². The van der Waals surface area contributed by atoms with Gasteiger partial charge in [-0.05, 0) is 19.1 Å². The molecule has 2 N–H and O–H groups in total. The molecule has 1 aliphatic heterocycles. The molecule has 12 heteroatoms. The van der Waals surface area contributed by atoms with Crippen LogP contribution in [0.4, 0.5) is 13.2 Å². The van der Waals surface area contributed by atoms with Crippen LogP contribution in [0.2, 0.25) is 10.0 Å². The number of likely N-dealkylation sites (N-methyl/N-ethyl adjacent to an activating group) is 1. The van der Waals surface area contributed by atoms with E-state index in [9.17, 15) is 32.3 Å². The van der Waals surface area contributed by atoms with Gasteiger partial charge in [0, 0.05) is 7.05 Å². The fourth-order valence-electron chi connectivity index (χ4n) is 2.83. The van der Waals surface area contributed by atoms with E-state index in [4.69, 9.17) is 28.9 Å². The second kappa shape index (κ2) is 7.59. The molecular formula is C16H14Cl2F3N3O4. The zero-order valence-electron chi connectivity index (χ0n) is 14.5. The van der Waals surface area contributed by atoms with Crippen LogP contribution in [-0.4, -0.2) is 58.7 Å². The molecule has 0 aliphatic carbocycles. The highest BCUT2D eigenvalue weighted by Gasteiger charge is 2.48. The summed E-state index contributed by atoms with van der Waals surface area (Å²) >= 11 is 11.7. The molecule has 0 saturated heterocycles. The van der Waals surface area contributed by atoms with Crippen LogP contribution in [0.1, 0.15) is 34.1 Å². The van der Waals surface area contributed by atoms with Crippen LogP contribution in [0.3, 0.4) is 0 Å². The first-order valence-corrected chi connectivity index (χ1v) is 8.51. The molecule has 1 aromatic rings. The predicted molar refractivity (Wildman–Crippen MR) is 92.8 cm³/mol. The number of carbonyl (C=O) groups is 4. The van der Waals surface area contributed by atoms with Crippen LogP contribution in [0.25, 0.3) is 0 Å². The first-order chi connectivity index (χ1) is 12.8. The largest absolute Gasteiger partial charge is 0.409 e. The van der Waals surface area contributed by atoms with E-state index >= 15 is 0 Å². The number of hydrogen-bond acceptors (Lipinski definition) is 4. The van der Waals surface area contributed by atoms with Crippen LogP contribution in [0.15, 0.2) is 12.1 Å². The fourth-order valence-corrected chi connectivity index (χ4v) is 3.15. The second-order valence-electron chi connectivity index (χ2n) is 6.15. The van der Waals surface area contributed by atoms with Crippen LogP contribution in [0, 0.1) is 0 Å². The van der Waals surface area contributed by atoms with Gasteiger partial charge in [0.15, 0.2) is 0 Å². The lowest BCUT2D eigenvalue weighted by Gasteiger charge is -2.33. The van der Waals surface area contributed by atoms with E-state index < -0.39 is 48.3 Å². The summed E-state index contributed by atoms with van der Waals surface area (Å²) < 4.78 is 39.6. The van der Waals surface area contributed by atoms with Crippen molar-refractivity contribution in [3.05, 3.63) is 33.3 Å². The van der Waals surface area contributed by atoms with Gasteiger partial charge in [0.1, 0.15) is 12.1 Å². The molecule has 0 radical (unpaired) electrons. The van der Waals surface area contributed by atoms with E-state index in [0.29, 0.717) is 4.90 Å². The molecule has 0 saturated carbocycles. The standard InChI is InChI=1S/C16H14Cl2F3N3O4/c1-6(13(26)23(2)11(5-12(22)25)16(19,20)21)24-14(27)7-3-9(17)10(18)4-8(7)15(24)28/h3-4,6,11H,5H2,1-2H3,(H2,22,25). The lowest BCUT2D eigenvalue weighted by molar-refractivity contribution is -0.189. The molecule has 2 unspecified atom stereocenters. The van der Waals surface area contributed by atoms with Crippen molar-refractivity contribution in [3.8, 4) is 0 Å². The number of benzene rings is 1. The summed E-state index contributed by atoms with van der Waals surface area (Å²) in [5.41, 5.74) is 4.60. The Hall–Kier alpha value is -2.33. The Bertz CT molecular complexity index is 834. The van der Waals surface area contributed by atoms with E-state index in [-0.39, 0.29) is 26.1 Å². The number of imide groups is 1. The van der Waals surface area contributed by atoms with Gasteiger partial charge < -0.3 is 10.6 Å². The topological polar surface area (TPSA) is 101 Å². The van der Waals surface area contributed by atoms with E-state index in [1.54, 1.807) is 0 Å². The zero-order chi connectivity index (χ0) is 21.5. The Balaban J connectivity index is 2.33. The Morgan fingerprint density at radius 3 is 1.93 bits per heavy atom. The first-order valence-electron chi connectivity index (χ1n) is 7.76. The summed E-state index contributed by atoms with van der Waals surface area (Å²) in [7, 11) is 0.811. The van der Waals surface area contributed by atoms with Crippen molar-refractivity contribution >= 4 is 46.8 Å². The molecule has 28 heavy (non-hydrogen) atoms. The van der Waals surface area contributed by atoms with Crippen LogP contribution >= 0.6 is 23.2 Å².